The summed E-state index contributed by atoms with van der Waals surface area (Å²) < 4.78 is 30.5. The predicted octanol–water partition coefficient (Wildman–Crippen LogP) is 5.68. The van der Waals surface area contributed by atoms with Crippen molar-refractivity contribution in [3.05, 3.63) is 92.5 Å². The molecule has 3 heterocycles. The maximum absolute atomic E-state index is 14.8. The summed E-state index contributed by atoms with van der Waals surface area (Å²) in [5.41, 5.74) is 3.90. The minimum absolute atomic E-state index is 0.0355. The molecular weight excluding hydrogens is 444 g/mol. The van der Waals surface area contributed by atoms with Crippen molar-refractivity contribution >= 4 is 22.9 Å². The van der Waals surface area contributed by atoms with Gasteiger partial charge in [-0.05, 0) is 56.0 Å². The molecule has 0 atom stereocenters. The second-order valence-corrected chi connectivity index (χ2v) is 8.39. The Kier molecular flexibility index (Phi) is 6.03. The van der Waals surface area contributed by atoms with Gasteiger partial charge in [-0.1, -0.05) is 6.07 Å². The number of carbonyl (C=O) groups is 1. The molecule has 1 N–H and O–H groups in total. The van der Waals surface area contributed by atoms with Gasteiger partial charge in [0.05, 0.1) is 35.1 Å². The summed E-state index contributed by atoms with van der Waals surface area (Å²) in [4.78, 5) is 20.2. The van der Waals surface area contributed by atoms with Crippen molar-refractivity contribution in [2.45, 2.75) is 27.3 Å². The number of aromatic nitrogens is 3. The maximum Gasteiger partial charge on any atom is 0.261 e. The third-order valence-corrected chi connectivity index (χ3v) is 6.29. The first-order valence-electron chi connectivity index (χ1n) is 10.0. The Labute approximate surface area is 193 Å². The third-order valence-electron chi connectivity index (χ3n) is 5.28. The Morgan fingerprint density at radius 1 is 1.18 bits per heavy atom. The van der Waals surface area contributed by atoms with Crippen LogP contribution in [0.2, 0.25) is 0 Å². The van der Waals surface area contributed by atoms with Crippen molar-refractivity contribution in [1.82, 2.24) is 20.1 Å². The highest BCUT2D eigenvalue weighted by atomic mass is 32.1. The van der Waals surface area contributed by atoms with Crippen LogP contribution in [0.25, 0.3) is 21.7 Å². The molecule has 4 rings (SSSR count). The van der Waals surface area contributed by atoms with E-state index in [9.17, 15) is 13.6 Å². The number of nitrogens with one attached hydrogen (secondary N) is 1. The standard InChI is InChI=1S/C24H19F2N5OS/c1-13-7-8-33-23(13)24(32)29-12-21-18(25)9-16(11-28-21)22-14(2)30-31(15(22)3)17-5-6-20(27-4)19(26)10-17/h5-11H,12H2,1-3H3,(H,29,32). The number of rotatable bonds is 5. The predicted molar refractivity (Wildman–Crippen MR) is 123 cm³/mol. The van der Waals surface area contributed by atoms with E-state index < -0.39 is 11.6 Å². The zero-order chi connectivity index (χ0) is 23.7. The van der Waals surface area contributed by atoms with E-state index in [1.807, 2.05) is 18.4 Å². The zero-order valence-corrected chi connectivity index (χ0v) is 18.9. The number of hydrogen-bond acceptors (Lipinski definition) is 4. The Morgan fingerprint density at radius 2 is 1.97 bits per heavy atom. The highest BCUT2D eigenvalue weighted by Gasteiger charge is 2.18. The van der Waals surface area contributed by atoms with Gasteiger partial charge in [-0.15, -0.1) is 11.3 Å². The van der Waals surface area contributed by atoms with Gasteiger partial charge < -0.3 is 5.32 Å². The highest BCUT2D eigenvalue weighted by molar-refractivity contribution is 7.12. The fourth-order valence-electron chi connectivity index (χ4n) is 3.61. The lowest BCUT2D eigenvalue weighted by Crippen LogP contribution is -2.23. The van der Waals surface area contributed by atoms with E-state index in [1.54, 1.807) is 24.6 Å². The number of hydrogen-bond donors (Lipinski definition) is 1. The van der Waals surface area contributed by atoms with Crippen LogP contribution in [0.1, 0.15) is 32.3 Å². The number of thiophene rings is 1. The zero-order valence-electron chi connectivity index (χ0n) is 18.1. The average molecular weight is 464 g/mol. The smallest absolute Gasteiger partial charge is 0.261 e. The van der Waals surface area contributed by atoms with Gasteiger partial charge in [-0.3, -0.25) is 9.78 Å². The van der Waals surface area contributed by atoms with E-state index in [-0.39, 0.29) is 23.8 Å². The molecule has 0 saturated heterocycles. The number of benzene rings is 1. The monoisotopic (exact) mass is 463 g/mol. The first-order chi connectivity index (χ1) is 15.8. The average Bonchev–Trinajstić information content (AvgIpc) is 3.35. The molecule has 0 unspecified atom stereocenters. The van der Waals surface area contributed by atoms with Crippen molar-refractivity contribution in [1.29, 1.82) is 0 Å². The summed E-state index contributed by atoms with van der Waals surface area (Å²) in [6, 6.07) is 7.46. The lowest BCUT2D eigenvalue weighted by atomic mass is 10.1. The number of aryl methyl sites for hydroxylation is 2. The first-order valence-corrected chi connectivity index (χ1v) is 10.9. The molecule has 0 radical (unpaired) electrons. The molecule has 166 valence electrons. The molecule has 1 aromatic carbocycles. The van der Waals surface area contributed by atoms with Crippen LogP contribution in [0.3, 0.4) is 0 Å². The van der Waals surface area contributed by atoms with Crippen molar-refractivity contribution < 1.29 is 13.6 Å². The minimum atomic E-state index is -0.631. The van der Waals surface area contributed by atoms with Crippen LogP contribution in [-0.4, -0.2) is 20.7 Å². The molecule has 3 aromatic heterocycles. The summed E-state index contributed by atoms with van der Waals surface area (Å²) in [7, 11) is 0. The van der Waals surface area contributed by atoms with Crippen molar-refractivity contribution in [3.63, 3.8) is 0 Å². The van der Waals surface area contributed by atoms with Crippen LogP contribution in [0.5, 0.6) is 0 Å². The van der Waals surface area contributed by atoms with Gasteiger partial charge in [0.25, 0.3) is 5.91 Å². The minimum Gasteiger partial charge on any atom is -0.346 e. The topological polar surface area (TPSA) is 64.2 Å². The Bertz CT molecular complexity index is 1420. The summed E-state index contributed by atoms with van der Waals surface area (Å²) in [5.74, 6) is -1.44. The molecule has 0 aliphatic rings. The van der Waals surface area contributed by atoms with E-state index in [0.29, 0.717) is 33.1 Å². The van der Waals surface area contributed by atoms with Gasteiger partial charge in [-0.25, -0.2) is 18.3 Å². The molecule has 0 aliphatic heterocycles. The van der Waals surface area contributed by atoms with Crippen LogP contribution in [-0.2, 0) is 6.54 Å². The lowest BCUT2D eigenvalue weighted by Gasteiger charge is -2.09. The van der Waals surface area contributed by atoms with Gasteiger partial charge in [0.2, 0.25) is 5.69 Å². The molecule has 1 amide bonds. The maximum atomic E-state index is 14.8. The van der Waals surface area contributed by atoms with Gasteiger partial charge >= 0.3 is 0 Å². The summed E-state index contributed by atoms with van der Waals surface area (Å²) in [5, 5.41) is 9.00. The molecular formula is C24H19F2N5OS. The van der Waals surface area contributed by atoms with E-state index >= 15 is 0 Å². The number of halogens is 2. The number of pyridine rings is 1. The van der Waals surface area contributed by atoms with E-state index in [4.69, 9.17) is 6.57 Å². The molecule has 0 bridgehead atoms. The second-order valence-electron chi connectivity index (χ2n) is 7.47. The quantitative estimate of drug-likeness (QED) is 0.387. The SMILES string of the molecule is [C-]#[N+]c1ccc(-n2nc(C)c(-c3cnc(CNC(=O)c4sccc4C)c(F)c3)c2C)cc1F. The van der Waals surface area contributed by atoms with Gasteiger partial charge in [-0.2, -0.15) is 5.10 Å². The Hall–Kier alpha value is -3.90. The largest absolute Gasteiger partial charge is 0.346 e. The molecule has 6 nitrogen and oxygen atoms in total. The second kappa shape index (κ2) is 8.92. The fourth-order valence-corrected chi connectivity index (χ4v) is 4.45. The van der Waals surface area contributed by atoms with Crippen molar-refractivity contribution in [3.8, 4) is 16.8 Å². The van der Waals surface area contributed by atoms with Crippen LogP contribution >= 0.6 is 11.3 Å². The molecule has 0 fully saturated rings. The Balaban J connectivity index is 1.59. The van der Waals surface area contributed by atoms with Crippen LogP contribution in [0.4, 0.5) is 14.5 Å². The van der Waals surface area contributed by atoms with E-state index in [0.717, 1.165) is 5.56 Å². The molecule has 0 aliphatic carbocycles. The molecule has 33 heavy (non-hydrogen) atoms. The highest BCUT2D eigenvalue weighted by Crippen LogP contribution is 2.30. The summed E-state index contributed by atoms with van der Waals surface area (Å²) >= 11 is 1.33. The molecule has 9 heteroatoms. The third kappa shape index (κ3) is 4.25. The molecule has 0 saturated carbocycles. The van der Waals surface area contributed by atoms with Crippen molar-refractivity contribution in [2.24, 2.45) is 0 Å². The molecule has 0 spiro atoms. The summed E-state index contributed by atoms with van der Waals surface area (Å²) in [6.45, 7) is 12.4. The van der Waals surface area contributed by atoms with E-state index in [1.165, 1.54) is 35.7 Å². The van der Waals surface area contributed by atoms with Crippen LogP contribution in [0, 0.1) is 39.0 Å². The normalized spacial score (nSPS) is 10.8. The molecule has 4 aromatic rings. The lowest BCUT2D eigenvalue weighted by molar-refractivity contribution is 0.0953. The number of nitrogens with zero attached hydrogens (tertiary/aromatic N) is 4. The summed E-state index contributed by atoms with van der Waals surface area (Å²) in [6.07, 6.45) is 1.53. The Morgan fingerprint density at radius 3 is 2.61 bits per heavy atom. The first kappa shape index (κ1) is 22.3. The van der Waals surface area contributed by atoms with E-state index in [2.05, 4.69) is 20.2 Å². The number of amides is 1. The fraction of sp³-hybridized carbons (Fsp3) is 0.167. The van der Waals surface area contributed by atoms with Crippen LogP contribution < -0.4 is 5.32 Å². The van der Waals surface area contributed by atoms with Crippen LogP contribution in [0.15, 0.2) is 41.9 Å². The van der Waals surface area contributed by atoms with Crippen molar-refractivity contribution in [2.75, 3.05) is 0 Å². The van der Waals surface area contributed by atoms with Gasteiger partial charge in [0, 0.05) is 23.0 Å². The number of carbonyl (C=O) groups excluding carboxylic acids is 1. The van der Waals surface area contributed by atoms with Gasteiger partial charge in [0.15, 0.2) is 0 Å². The van der Waals surface area contributed by atoms with Gasteiger partial charge in [0.1, 0.15) is 11.6 Å².